The van der Waals surface area contributed by atoms with Gasteiger partial charge in [-0.3, -0.25) is 9.78 Å². The predicted octanol–water partition coefficient (Wildman–Crippen LogP) is 5.20. The number of rotatable bonds is 5. The fraction of sp³-hybridized carbons (Fsp3) is 0.0526. The van der Waals surface area contributed by atoms with Gasteiger partial charge in [0.15, 0.2) is 0 Å². The fourth-order valence-corrected chi connectivity index (χ4v) is 2.55. The van der Waals surface area contributed by atoms with Gasteiger partial charge < -0.3 is 10.6 Å². The molecule has 0 radical (unpaired) electrons. The van der Waals surface area contributed by atoms with Gasteiger partial charge in [0.1, 0.15) is 11.5 Å². The third-order valence-electron chi connectivity index (χ3n) is 3.57. The Morgan fingerprint density at radius 1 is 1.00 bits per heavy atom. The van der Waals surface area contributed by atoms with Crippen molar-refractivity contribution in [3.8, 4) is 0 Å². The molecule has 0 bridgehead atoms. The molecule has 7 heteroatoms. The first-order valence-electron chi connectivity index (χ1n) is 7.72. The molecule has 26 heavy (non-hydrogen) atoms. The second-order valence-electron chi connectivity index (χ2n) is 5.49. The van der Waals surface area contributed by atoms with Crippen molar-refractivity contribution >= 4 is 40.5 Å². The number of aromatic nitrogens is 1. The van der Waals surface area contributed by atoms with Crippen LogP contribution in [0.4, 0.5) is 15.8 Å². The predicted molar refractivity (Wildman–Crippen MR) is 102 cm³/mol. The number of hydrogen-bond acceptors (Lipinski definition) is 3. The van der Waals surface area contributed by atoms with E-state index in [0.717, 1.165) is 5.56 Å². The van der Waals surface area contributed by atoms with E-state index in [1.165, 1.54) is 18.3 Å². The lowest BCUT2D eigenvalue weighted by molar-refractivity contribution is 0.0946. The lowest BCUT2D eigenvalue weighted by Crippen LogP contribution is -2.23. The molecule has 0 saturated carbocycles. The summed E-state index contributed by atoms with van der Waals surface area (Å²) in [5.41, 5.74) is 2.43. The van der Waals surface area contributed by atoms with E-state index in [2.05, 4.69) is 15.6 Å². The lowest BCUT2D eigenvalue weighted by Gasteiger charge is -2.09. The highest BCUT2D eigenvalue weighted by Crippen LogP contribution is 2.22. The van der Waals surface area contributed by atoms with Crippen LogP contribution in [-0.4, -0.2) is 10.9 Å². The Bertz CT molecular complexity index is 932. The molecule has 1 amide bonds. The molecule has 132 valence electrons. The van der Waals surface area contributed by atoms with Crippen LogP contribution in [-0.2, 0) is 6.54 Å². The largest absolute Gasteiger partial charge is 0.355 e. The van der Waals surface area contributed by atoms with Crippen LogP contribution in [0.3, 0.4) is 0 Å². The van der Waals surface area contributed by atoms with Crippen molar-refractivity contribution in [3.05, 3.63) is 87.9 Å². The molecule has 0 fully saturated rings. The van der Waals surface area contributed by atoms with Crippen LogP contribution in [0.5, 0.6) is 0 Å². The highest BCUT2D eigenvalue weighted by Gasteiger charge is 2.09. The molecule has 3 rings (SSSR count). The van der Waals surface area contributed by atoms with Gasteiger partial charge in [-0.1, -0.05) is 35.3 Å². The molecular formula is C19H14Cl2FN3O. The number of amides is 1. The zero-order valence-electron chi connectivity index (χ0n) is 13.5. The Morgan fingerprint density at radius 3 is 2.46 bits per heavy atom. The number of carbonyl (C=O) groups is 1. The first-order valence-corrected chi connectivity index (χ1v) is 8.47. The second kappa shape index (κ2) is 8.17. The van der Waals surface area contributed by atoms with Crippen LogP contribution >= 0.6 is 23.2 Å². The summed E-state index contributed by atoms with van der Waals surface area (Å²) in [5.74, 6) is -0.796. The van der Waals surface area contributed by atoms with E-state index in [0.29, 0.717) is 22.9 Å². The Morgan fingerprint density at radius 2 is 1.73 bits per heavy atom. The van der Waals surface area contributed by atoms with Gasteiger partial charge in [0, 0.05) is 29.1 Å². The fourth-order valence-electron chi connectivity index (χ4n) is 2.25. The van der Waals surface area contributed by atoms with Crippen molar-refractivity contribution in [2.24, 2.45) is 0 Å². The van der Waals surface area contributed by atoms with Crippen molar-refractivity contribution in [1.29, 1.82) is 0 Å². The minimum atomic E-state index is -0.491. The normalized spacial score (nSPS) is 10.4. The molecule has 0 saturated heterocycles. The lowest BCUT2D eigenvalue weighted by atomic mass is 10.2. The summed E-state index contributed by atoms with van der Waals surface area (Å²) in [6.07, 6.45) is 1.52. The Kier molecular flexibility index (Phi) is 5.71. The monoisotopic (exact) mass is 389 g/mol. The van der Waals surface area contributed by atoms with E-state index in [4.69, 9.17) is 23.2 Å². The third kappa shape index (κ3) is 4.71. The summed E-state index contributed by atoms with van der Waals surface area (Å²) in [6, 6.07) is 14.8. The van der Waals surface area contributed by atoms with Crippen LogP contribution in [0.15, 0.2) is 60.8 Å². The zero-order chi connectivity index (χ0) is 18.5. The number of halogens is 3. The minimum absolute atomic E-state index is 0.0185. The number of nitrogens with zero attached hydrogens (tertiary/aromatic N) is 1. The Labute approximate surface area is 160 Å². The van der Waals surface area contributed by atoms with E-state index in [9.17, 15) is 9.18 Å². The molecule has 1 aromatic heterocycles. The van der Waals surface area contributed by atoms with Gasteiger partial charge in [0.25, 0.3) is 5.91 Å². The van der Waals surface area contributed by atoms with Crippen LogP contribution in [0.1, 0.15) is 16.1 Å². The van der Waals surface area contributed by atoms with Crippen LogP contribution in [0.2, 0.25) is 10.0 Å². The first kappa shape index (κ1) is 18.2. The molecule has 1 heterocycles. The zero-order valence-corrected chi connectivity index (χ0v) is 15.0. The van der Waals surface area contributed by atoms with E-state index in [1.54, 1.807) is 30.3 Å². The van der Waals surface area contributed by atoms with Crippen molar-refractivity contribution in [2.45, 2.75) is 6.54 Å². The molecule has 0 unspecified atom stereocenters. The average Bonchev–Trinajstić information content (AvgIpc) is 2.64. The molecule has 0 aliphatic rings. The van der Waals surface area contributed by atoms with Gasteiger partial charge in [-0.15, -0.1) is 0 Å². The number of benzene rings is 2. The topological polar surface area (TPSA) is 54.0 Å². The van der Waals surface area contributed by atoms with E-state index < -0.39 is 5.82 Å². The van der Waals surface area contributed by atoms with Crippen molar-refractivity contribution in [3.63, 3.8) is 0 Å². The van der Waals surface area contributed by atoms with Gasteiger partial charge >= 0.3 is 0 Å². The highest BCUT2D eigenvalue weighted by atomic mass is 35.5. The van der Waals surface area contributed by atoms with Gasteiger partial charge in [-0.2, -0.15) is 0 Å². The molecule has 2 aromatic carbocycles. The van der Waals surface area contributed by atoms with E-state index in [1.807, 2.05) is 12.1 Å². The Balaban J connectivity index is 1.66. The molecule has 0 aliphatic carbocycles. The summed E-state index contributed by atoms with van der Waals surface area (Å²) >= 11 is 11.6. The number of carbonyl (C=O) groups excluding carboxylic acids is 1. The molecule has 0 aliphatic heterocycles. The molecular weight excluding hydrogens is 376 g/mol. The third-order valence-corrected chi connectivity index (χ3v) is 4.11. The average molecular weight is 390 g/mol. The van der Waals surface area contributed by atoms with E-state index in [-0.39, 0.29) is 16.6 Å². The summed E-state index contributed by atoms with van der Waals surface area (Å²) in [4.78, 5) is 16.4. The second-order valence-corrected chi connectivity index (χ2v) is 6.34. The van der Waals surface area contributed by atoms with Crippen molar-refractivity contribution in [1.82, 2.24) is 10.3 Å². The number of nitrogens with one attached hydrogen (secondary N) is 2. The standard InChI is InChI=1S/C19H14Cl2FN3O/c20-13-3-1-12(2-4-13)11-24-19(26)18-10-15(7-8-23-18)25-14-5-6-17(22)16(21)9-14/h1-10H,11H2,(H,23,25)(H,24,26). The van der Waals surface area contributed by atoms with Gasteiger partial charge in [0.05, 0.1) is 5.02 Å². The molecule has 4 nitrogen and oxygen atoms in total. The summed E-state index contributed by atoms with van der Waals surface area (Å²) in [5, 5.41) is 6.52. The summed E-state index contributed by atoms with van der Waals surface area (Å²) in [6.45, 7) is 0.364. The summed E-state index contributed by atoms with van der Waals surface area (Å²) in [7, 11) is 0. The van der Waals surface area contributed by atoms with E-state index >= 15 is 0 Å². The van der Waals surface area contributed by atoms with Crippen LogP contribution in [0.25, 0.3) is 0 Å². The first-order chi connectivity index (χ1) is 12.5. The molecule has 0 atom stereocenters. The quantitative estimate of drug-likeness (QED) is 0.630. The number of hydrogen-bond donors (Lipinski definition) is 2. The maximum atomic E-state index is 13.2. The smallest absolute Gasteiger partial charge is 0.270 e. The van der Waals surface area contributed by atoms with Crippen LogP contribution in [0, 0.1) is 5.82 Å². The van der Waals surface area contributed by atoms with Crippen LogP contribution < -0.4 is 10.6 Å². The highest BCUT2D eigenvalue weighted by molar-refractivity contribution is 6.31. The van der Waals surface area contributed by atoms with Crippen molar-refractivity contribution in [2.75, 3.05) is 5.32 Å². The maximum Gasteiger partial charge on any atom is 0.270 e. The van der Waals surface area contributed by atoms with Gasteiger partial charge in [0.2, 0.25) is 0 Å². The summed E-state index contributed by atoms with van der Waals surface area (Å²) < 4.78 is 13.2. The minimum Gasteiger partial charge on any atom is -0.355 e. The molecule has 0 spiro atoms. The maximum absolute atomic E-state index is 13.2. The Hall–Kier alpha value is -2.63. The SMILES string of the molecule is O=C(NCc1ccc(Cl)cc1)c1cc(Nc2ccc(F)c(Cl)c2)ccn1. The van der Waals surface area contributed by atoms with Crippen molar-refractivity contribution < 1.29 is 9.18 Å². The molecule has 2 N–H and O–H groups in total. The van der Waals surface area contributed by atoms with Gasteiger partial charge in [-0.25, -0.2) is 4.39 Å². The number of anilines is 2. The number of pyridine rings is 1. The molecule has 3 aromatic rings. The van der Waals surface area contributed by atoms with Gasteiger partial charge in [-0.05, 0) is 48.0 Å².